The summed E-state index contributed by atoms with van der Waals surface area (Å²) in [6.07, 6.45) is 4.27. The summed E-state index contributed by atoms with van der Waals surface area (Å²) < 4.78 is 11.0. The molecule has 94 valence electrons. The van der Waals surface area contributed by atoms with E-state index in [9.17, 15) is 0 Å². The van der Waals surface area contributed by atoms with E-state index < -0.39 is 0 Å². The van der Waals surface area contributed by atoms with Gasteiger partial charge in [0.05, 0.1) is 0 Å². The summed E-state index contributed by atoms with van der Waals surface area (Å²) in [6, 6.07) is 0. The number of nitrogens with one attached hydrogen (secondary N) is 1. The molecular formula is C12H19N3O2. The van der Waals surface area contributed by atoms with Crippen LogP contribution in [0.25, 0.3) is 0 Å². The van der Waals surface area contributed by atoms with Crippen molar-refractivity contribution in [2.75, 3.05) is 19.7 Å². The van der Waals surface area contributed by atoms with Crippen LogP contribution in [0.5, 0.6) is 0 Å². The summed E-state index contributed by atoms with van der Waals surface area (Å²) in [5.41, 5.74) is 0.0368. The molecule has 1 unspecified atom stereocenters. The Morgan fingerprint density at radius 2 is 2.18 bits per heavy atom. The Bertz CT molecular complexity index is 379. The molecule has 5 nitrogen and oxygen atoms in total. The minimum absolute atomic E-state index is 0.0368. The Morgan fingerprint density at radius 1 is 1.35 bits per heavy atom. The average molecular weight is 237 g/mol. The zero-order valence-corrected chi connectivity index (χ0v) is 10.2. The SMILES string of the molecule is CC1(c2nc(C3CCCO3)no2)CCNCC1. The van der Waals surface area contributed by atoms with Crippen molar-refractivity contribution >= 4 is 0 Å². The number of ether oxygens (including phenoxy) is 1. The van der Waals surface area contributed by atoms with E-state index in [1.165, 1.54) is 0 Å². The van der Waals surface area contributed by atoms with Crippen LogP contribution in [0.15, 0.2) is 4.52 Å². The Labute approximate surface area is 101 Å². The maximum atomic E-state index is 5.58. The topological polar surface area (TPSA) is 60.2 Å². The van der Waals surface area contributed by atoms with Gasteiger partial charge in [0, 0.05) is 12.0 Å². The second kappa shape index (κ2) is 4.38. The van der Waals surface area contributed by atoms with E-state index in [-0.39, 0.29) is 11.5 Å². The Morgan fingerprint density at radius 3 is 2.88 bits per heavy atom. The van der Waals surface area contributed by atoms with Crippen molar-refractivity contribution in [3.8, 4) is 0 Å². The molecule has 0 spiro atoms. The molecule has 0 amide bonds. The molecule has 5 heteroatoms. The molecule has 2 saturated heterocycles. The molecule has 0 aliphatic carbocycles. The normalized spacial score (nSPS) is 28.4. The molecule has 1 aromatic rings. The Balaban J connectivity index is 1.78. The predicted octanol–water partition coefficient (Wildman–Crippen LogP) is 1.56. The van der Waals surface area contributed by atoms with Crippen LogP contribution in [0, 0.1) is 0 Å². The first-order chi connectivity index (χ1) is 8.28. The second-order valence-electron chi connectivity index (χ2n) is 5.27. The number of hydrogen-bond acceptors (Lipinski definition) is 5. The van der Waals surface area contributed by atoms with Crippen molar-refractivity contribution < 1.29 is 9.26 Å². The molecule has 0 saturated carbocycles. The maximum Gasteiger partial charge on any atom is 0.232 e. The number of hydrogen-bond donors (Lipinski definition) is 1. The third-order valence-electron chi connectivity index (χ3n) is 3.88. The lowest BCUT2D eigenvalue weighted by atomic mass is 9.81. The molecular weight excluding hydrogens is 218 g/mol. The minimum atomic E-state index is 0.0368. The first-order valence-corrected chi connectivity index (χ1v) is 6.44. The summed E-state index contributed by atoms with van der Waals surface area (Å²) in [7, 11) is 0. The van der Waals surface area contributed by atoms with Crippen LogP contribution in [0.1, 0.15) is 50.4 Å². The third-order valence-corrected chi connectivity index (χ3v) is 3.88. The zero-order chi connectivity index (χ0) is 11.7. The van der Waals surface area contributed by atoms with E-state index in [2.05, 4.69) is 22.4 Å². The summed E-state index contributed by atoms with van der Waals surface area (Å²) in [5.74, 6) is 1.52. The largest absolute Gasteiger partial charge is 0.370 e. The monoisotopic (exact) mass is 237 g/mol. The molecule has 1 aromatic heterocycles. The van der Waals surface area contributed by atoms with Crippen molar-refractivity contribution in [2.24, 2.45) is 0 Å². The van der Waals surface area contributed by atoms with Crippen LogP contribution in [0.3, 0.4) is 0 Å². The zero-order valence-electron chi connectivity index (χ0n) is 10.2. The highest BCUT2D eigenvalue weighted by Gasteiger charge is 2.35. The van der Waals surface area contributed by atoms with Gasteiger partial charge in [0.2, 0.25) is 11.7 Å². The molecule has 2 aliphatic heterocycles. The smallest absolute Gasteiger partial charge is 0.232 e. The summed E-state index contributed by atoms with van der Waals surface area (Å²) in [5, 5.41) is 7.44. The first-order valence-electron chi connectivity index (χ1n) is 6.44. The third kappa shape index (κ3) is 2.09. The van der Waals surface area contributed by atoms with Crippen LogP contribution in [0.4, 0.5) is 0 Å². The molecule has 3 rings (SSSR count). The molecule has 0 radical (unpaired) electrons. The lowest BCUT2D eigenvalue weighted by molar-refractivity contribution is 0.103. The molecule has 1 N–H and O–H groups in total. The quantitative estimate of drug-likeness (QED) is 0.846. The average Bonchev–Trinajstić information content (AvgIpc) is 3.01. The highest BCUT2D eigenvalue weighted by molar-refractivity contribution is 5.06. The van der Waals surface area contributed by atoms with Gasteiger partial charge in [-0.2, -0.15) is 4.98 Å². The van der Waals surface area contributed by atoms with E-state index in [0.717, 1.165) is 57.1 Å². The molecule has 0 aromatic carbocycles. The van der Waals surface area contributed by atoms with Crippen molar-refractivity contribution in [1.82, 2.24) is 15.5 Å². The van der Waals surface area contributed by atoms with Crippen molar-refractivity contribution in [2.45, 2.75) is 44.1 Å². The molecule has 2 fully saturated rings. The van der Waals surface area contributed by atoms with Crippen molar-refractivity contribution in [1.29, 1.82) is 0 Å². The predicted molar refractivity (Wildman–Crippen MR) is 61.7 cm³/mol. The van der Waals surface area contributed by atoms with Gasteiger partial charge < -0.3 is 14.6 Å². The van der Waals surface area contributed by atoms with Crippen LogP contribution < -0.4 is 5.32 Å². The van der Waals surface area contributed by atoms with Gasteiger partial charge in [0.15, 0.2) is 0 Å². The number of aromatic nitrogens is 2. The fraction of sp³-hybridized carbons (Fsp3) is 0.833. The minimum Gasteiger partial charge on any atom is -0.370 e. The van der Waals surface area contributed by atoms with Gasteiger partial charge in [0.25, 0.3) is 0 Å². The fourth-order valence-corrected chi connectivity index (χ4v) is 2.58. The van der Waals surface area contributed by atoms with Crippen molar-refractivity contribution in [3.63, 3.8) is 0 Å². The van der Waals surface area contributed by atoms with E-state index >= 15 is 0 Å². The molecule has 17 heavy (non-hydrogen) atoms. The lowest BCUT2D eigenvalue weighted by Crippen LogP contribution is -2.37. The summed E-state index contributed by atoms with van der Waals surface area (Å²) in [6.45, 7) is 5.07. The van der Waals surface area contributed by atoms with Gasteiger partial charge in [0.1, 0.15) is 6.10 Å². The van der Waals surface area contributed by atoms with Crippen LogP contribution in [-0.2, 0) is 10.2 Å². The van der Waals surface area contributed by atoms with E-state index in [1.807, 2.05) is 0 Å². The number of rotatable bonds is 2. The molecule has 2 aliphatic rings. The highest BCUT2D eigenvalue weighted by Crippen LogP contribution is 2.33. The Kier molecular flexibility index (Phi) is 2.88. The van der Waals surface area contributed by atoms with Crippen LogP contribution >= 0.6 is 0 Å². The Hall–Kier alpha value is -0.940. The van der Waals surface area contributed by atoms with Crippen molar-refractivity contribution in [3.05, 3.63) is 11.7 Å². The molecule has 1 atom stereocenters. The highest BCUT2D eigenvalue weighted by atomic mass is 16.5. The standard InChI is InChI=1S/C12H19N3O2/c1-12(4-6-13-7-5-12)11-14-10(15-17-11)9-3-2-8-16-9/h9,13H,2-8H2,1H3. The fourth-order valence-electron chi connectivity index (χ4n) is 2.58. The number of piperidine rings is 1. The lowest BCUT2D eigenvalue weighted by Gasteiger charge is -2.30. The van der Waals surface area contributed by atoms with Gasteiger partial charge in [-0.05, 0) is 38.8 Å². The van der Waals surface area contributed by atoms with E-state index in [1.54, 1.807) is 0 Å². The van der Waals surface area contributed by atoms with Gasteiger partial charge in [-0.25, -0.2) is 0 Å². The molecule has 3 heterocycles. The molecule has 0 bridgehead atoms. The van der Waals surface area contributed by atoms with E-state index in [0.29, 0.717) is 0 Å². The maximum absolute atomic E-state index is 5.58. The van der Waals surface area contributed by atoms with E-state index in [4.69, 9.17) is 9.26 Å². The van der Waals surface area contributed by atoms with Gasteiger partial charge in [-0.1, -0.05) is 12.1 Å². The van der Waals surface area contributed by atoms with Gasteiger partial charge >= 0.3 is 0 Å². The van der Waals surface area contributed by atoms with Gasteiger partial charge in [-0.3, -0.25) is 0 Å². The van der Waals surface area contributed by atoms with Crippen LogP contribution in [0.2, 0.25) is 0 Å². The second-order valence-corrected chi connectivity index (χ2v) is 5.27. The first kappa shape index (κ1) is 11.2. The van der Waals surface area contributed by atoms with Gasteiger partial charge in [-0.15, -0.1) is 0 Å². The summed E-state index contributed by atoms with van der Waals surface area (Å²) in [4.78, 5) is 4.56. The summed E-state index contributed by atoms with van der Waals surface area (Å²) >= 11 is 0. The van der Waals surface area contributed by atoms with Crippen LogP contribution in [-0.4, -0.2) is 29.8 Å². The number of nitrogens with zero attached hydrogens (tertiary/aromatic N) is 2.